The third-order valence-electron chi connectivity index (χ3n) is 7.09. The highest BCUT2D eigenvalue weighted by atomic mass is 16.5. The van der Waals surface area contributed by atoms with Crippen molar-refractivity contribution in [3.05, 3.63) is 64.4 Å². The second kappa shape index (κ2) is 16.8. The Morgan fingerprint density at radius 3 is 2.05 bits per heavy atom. The van der Waals surface area contributed by atoms with Gasteiger partial charge in [0.25, 0.3) is 5.56 Å². The first-order chi connectivity index (χ1) is 18.7. The van der Waals surface area contributed by atoms with Gasteiger partial charge in [0, 0.05) is 18.0 Å². The van der Waals surface area contributed by atoms with Crippen LogP contribution in [-0.2, 0) is 13.2 Å². The Balaban J connectivity index is 1.90. The first-order valence-electron chi connectivity index (χ1n) is 14.7. The molecule has 1 aromatic heterocycles. The molecule has 208 valence electrons. The summed E-state index contributed by atoms with van der Waals surface area (Å²) in [6.07, 6.45) is 14.0. The van der Waals surface area contributed by atoms with Gasteiger partial charge in [-0.05, 0) is 30.5 Å². The Morgan fingerprint density at radius 1 is 0.711 bits per heavy atom. The monoisotopic (exact) mass is 521 g/mol. The standard InChI is InChI=1S/C33H47NO4/c1-4-6-8-10-12-17-23-34-30-25-28(36-3)21-22-29(30)31(38-26-27-19-15-14-16-20-27)32(33(34)35)37-24-18-13-11-9-7-5-2/h14-16,19-22,25H,4-13,17-18,23-24,26H2,1-3H3. The third kappa shape index (κ3) is 8.82. The van der Waals surface area contributed by atoms with Gasteiger partial charge in [0.2, 0.25) is 5.75 Å². The number of hydrogen-bond donors (Lipinski definition) is 0. The molecule has 0 saturated heterocycles. The normalized spacial score (nSPS) is 11.1. The molecule has 5 nitrogen and oxygen atoms in total. The van der Waals surface area contributed by atoms with Gasteiger partial charge in [-0.1, -0.05) is 108 Å². The first kappa shape index (κ1) is 29.6. The Kier molecular flexibility index (Phi) is 13.1. The molecule has 1 heterocycles. The van der Waals surface area contributed by atoms with E-state index in [1.807, 2.05) is 53.1 Å². The highest BCUT2D eigenvalue weighted by Gasteiger charge is 2.20. The van der Waals surface area contributed by atoms with Gasteiger partial charge in [-0.25, -0.2) is 0 Å². The molecule has 0 fully saturated rings. The summed E-state index contributed by atoms with van der Waals surface area (Å²) in [5.41, 5.74) is 1.76. The Morgan fingerprint density at radius 2 is 1.37 bits per heavy atom. The zero-order chi connectivity index (χ0) is 27.0. The number of benzene rings is 2. The number of aryl methyl sites for hydroxylation is 1. The van der Waals surface area contributed by atoms with E-state index in [-0.39, 0.29) is 5.56 Å². The molecule has 3 aromatic rings. The maximum atomic E-state index is 13.9. The molecule has 0 spiro atoms. The van der Waals surface area contributed by atoms with Crippen LogP contribution in [0, 0.1) is 0 Å². The van der Waals surface area contributed by atoms with Gasteiger partial charge >= 0.3 is 0 Å². The minimum atomic E-state index is -0.117. The van der Waals surface area contributed by atoms with Crippen molar-refractivity contribution in [1.82, 2.24) is 4.57 Å². The van der Waals surface area contributed by atoms with E-state index >= 15 is 0 Å². The van der Waals surface area contributed by atoms with Crippen molar-refractivity contribution in [3.63, 3.8) is 0 Å². The molecule has 0 aliphatic carbocycles. The Hall–Kier alpha value is -2.95. The molecule has 0 aliphatic heterocycles. The zero-order valence-corrected chi connectivity index (χ0v) is 23.8. The SMILES string of the molecule is CCCCCCCCOc1c(OCc2ccccc2)c2ccc(OC)cc2n(CCCCCCCC)c1=O. The maximum Gasteiger partial charge on any atom is 0.297 e. The van der Waals surface area contributed by atoms with E-state index in [0.717, 1.165) is 47.9 Å². The van der Waals surface area contributed by atoms with Crippen LogP contribution in [0.1, 0.15) is 96.5 Å². The summed E-state index contributed by atoms with van der Waals surface area (Å²) in [4.78, 5) is 13.9. The van der Waals surface area contributed by atoms with Crippen molar-refractivity contribution < 1.29 is 14.2 Å². The number of aromatic nitrogens is 1. The molecule has 0 atom stereocenters. The summed E-state index contributed by atoms with van der Waals surface area (Å²) in [5.74, 6) is 1.59. The number of hydrogen-bond acceptors (Lipinski definition) is 4. The lowest BCUT2D eigenvalue weighted by atomic mass is 10.1. The molecule has 0 N–H and O–H groups in total. The van der Waals surface area contributed by atoms with E-state index in [1.165, 1.54) is 51.4 Å². The fourth-order valence-corrected chi connectivity index (χ4v) is 4.83. The molecule has 0 radical (unpaired) electrons. The Bertz CT molecular complexity index is 1140. The largest absolute Gasteiger partial charge is 0.497 e. The number of rotatable bonds is 19. The maximum absolute atomic E-state index is 13.9. The number of nitrogens with zero attached hydrogens (tertiary/aromatic N) is 1. The molecule has 2 aromatic carbocycles. The average Bonchev–Trinajstić information content (AvgIpc) is 2.95. The number of fused-ring (bicyclic) bond motifs is 1. The molecule has 3 rings (SSSR count). The summed E-state index contributed by atoms with van der Waals surface area (Å²) < 4.78 is 20.0. The average molecular weight is 522 g/mol. The molecule has 5 heteroatoms. The predicted molar refractivity (Wildman–Crippen MR) is 158 cm³/mol. The van der Waals surface area contributed by atoms with Crippen molar-refractivity contribution in [2.45, 2.75) is 104 Å². The molecule has 0 saturated carbocycles. The van der Waals surface area contributed by atoms with Gasteiger partial charge in [-0.2, -0.15) is 0 Å². The fraction of sp³-hybridized carbons (Fsp3) is 0.545. The second-order valence-electron chi connectivity index (χ2n) is 10.2. The van der Waals surface area contributed by atoms with Crippen molar-refractivity contribution in [3.8, 4) is 17.2 Å². The summed E-state index contributed by atoms with van der Waals surface area (Å²) in [5, 5.41) is 0.880. The van der Waals surface area contributed by atoms with Crippen LogP contribution in [0.25, 0.3) is 10.9 Å². The summed E-state index contributed by atoms with van der Waals surface area (Å²) >= 11 is 0. The summed E-state index contributed by atoms with van der Waals surface area (Å²) in [7, 11) is 1.65. The van der Waals surface area contributed by atoms with Gasteiger partial charge in [0.1, 0.15) is 12.4 Å². The van der Waals surface area contributed by atoms with E-state index in [1.54, 1.807) is 7.11 Å². The molecule has 0 unspecified atom stereocenters. The van der Waals surface area contributed by atoms with Crippen molar-refractivity contribution in [2.24, 2.45) is 0 Å². The minimum Gasteiger partial charge on any atom is -0.497 e. The van der Waals surface area contributed by atoms with E-state index < -0.39 is 0 Å². The fourth-order valence-electron chi connectivity index (χ4n) is 4.83. The molecule has 0 bridgehead atoms. The van der Waals surface area contributed by atoms with Crippen molar-refractivity contribution in [2.75, 3.05) is 13.7 Å². The van der Waals surface area contributed by atoms with Crippen LogP contribution >= 0.6 is 0 Å². The lowest BCUT2D eigenvalue weighted by Gasteiger charge is -2.19. The van der Waals surface area contributed by atoms with Crippen LogP contribution in [0.2, 0.25) is 0 Å². The van der Waals surface area contributed by atoms with Crippen molar-refractivity contribution >= 4 is 10.9 Å². The van der Waals surface area contributed by atoms with Gasteiger partial charge in [0.05, 0.1) is 19.2 Å². The van der Waals surface area contributed by atoms with Gasteiger partial charge < -0.3 is 18.8 Å². The molecular formula is C33H47NO4. The van der Waals surface area contributed by atoms with Crippen molar-refractivity contribution in [1.29, 1.82) is 0 Å². The lowest BCUT2D eigenvalue weighted by Crippen LogP contribution is -2.24. The third-order valence-corrected chi connectivity index (χ3v) is 7.09. The molecule has 0 aliphatic rings. The quantitative estimate of drug-likeness (QED) is 0.148. The minimum absolute atomic E-state index is 0.117. The van der Waals surface area contributed by atoms with Crippen LogP contribution in [0.4, 0.5) is 0 Å². The van der Waals surface area contributed by atoms with E-state index in [2.05, 4.69) is 13.8 Å². The zero-order valence-electron chi connectivity index (χ0n) is 23.8. The molecule has 0 amide bonds. The Labute approximate surface area is 229 Å². The lowest BCUT2D eigenvalue weighted by molar-refractivity contribution is 0.255. The smallest absolute Gasteiger partial charge is 0.297 e. The van der Waals surface area contributed by atoms with Crippen LogP contribution in [0.15, 0.2) is 53.3 Å². The van der Waals surface area contributed by atoms with Crippen LogP contribution in [0.3, 0.4) is 0 Å². The topological polar surface area (TPSA) is 49.7 Å². The van der Waals surface area contributed by atoms with E-state index in [0.29, 0.717) is 31.3 Å². The number of methoxy groups -OCH3 is 1. The second-order valence-corrected chi connectivity index (χ2v) is 10.2. The number of pyridine rings is 1. The van der Waals surface area contributed by atoms with Gasteiger partial charge in [-0.3, -0.25) is 4.79 Å². The molecular weight excluding hydrogens is 474 g/mol. The van der Waals surface area contributed by atoms with Crippen LogP contribution in [0.5, 0.6) is 17.2 Å². The van der Waals surface area contributed by atoms with Crippen LogP contribution in [-0.4, -0.2) is 18.3 Å². The van der Waals surface area contributed by atoms with E-state index in [9.17, 15) is 4.79 Å². The van der Waals surface area contributed by atoms with Crippen LogP contribution < -0.4 is 19.8 Å². The van der Waals surface area contributed by atoms with E-state index in [4.69, 9.17) is 14.2 Å². The van der Waals surface area contributed by atoms with Gasteiger partial charge in [0.15, 0.2) is 5.75 Å². The highest BCUT2D eigenvalue weighted by Crippen LogP contribution is 2.35. The summed E-state index contributed by atoms with van der Waals surface area (Å²) in [6.45, 7) is 6.00. The summed E-state index contributed by atoms with van der Waals surface area (Å²) in [6, 6.07) is 15.9. The highest BCUT2D eigenvalue weighted by molar-refractivity contribution is 5.89. The first-order valence-corrected chi connectivity index (χ1v) is 14.7. The predicted octanol–water partition coefficient (Wildman–Crippen LogP) is 8.69. The number of ether oxygens (including phenoxy) is 3. The van der Waals surface area contributed by atoms with Gasteiger partial charge in [-0.15, -0.1) is 0 Å². The molecule has 38 heavy (non-hydrogen) atoms. The number of unbranched alkanes of at least 4 members (excludes halogenated alkanes) is 10.